The third kappa shape index (κ3) is 4.62. The van der Waals surface area contributed by atoms with Crippen molar-refractivity contribution >= 4 is 5.78 Å². The van der Waals surface area contributed by atoms with Gasteiger partial charge in [-0.05, 0) is 65.3 Å². The molecule has 0 fully saturated rings. The van der Waals surface area contributed by atoms with Crippen LogP contribution in [0, 0.1) is 6.92 Å². The van der Waals surface area contributed by atoms with Crippen molar-refractivity contribution in [1.29, 1.82) is 0 Å². The molecule has 1 N–H and O–H groups in total. The van der Waals surface area contributed by atoms with Crippen LogP contribution in [0.4, 0.5) is 0 Å². The summed E-state index contributed by atoms with van der Waals surface area (Å²) in [7, 11) is 0. The fourth-order valence-corrected chi connectivity index (χ4v) is 4.68. The molecule has 1 unspecified atom stereocenters. The Morgan fingerprint density at radius 3 is 2.62 bits per heavy atom. The second-order valence-corrected chi connectivity index (χ2v) is 9.10. The van der Waals surface area contributed by atoms with E-state index in [0.717, 1.165) is 52.0 Å². The Morgan fingerprint density at radius 1 is 1.06 bits per heavy atom. The van der Waals surface area contributed by atoms with Crippen LogP contribution in [-0.4, -0.2) is 33.0 Å². The summed E-state index contributed by atoms with van der Waals surface area (Å²) in [6.07, 6.45) is 2.80. The van der Waals surface area contributed by atoms with Gasteiger partial charge in [0.25, 0.3) is 0 Å². The standard InChI is InChI=1S/C28H28N4O2/c1-18-9-11-20(12-10-18)14-23(33)16-22-15-21(17-26-19(2)6-5-13-34-27(22)26)24-7-3-4-8-25(24)28-29-31-32-30-28/h3-4,7-12,15,17,19H,5-6,13-14,16H2,1-2H3,(H,29,30,31,32). The maximum atomic E-state index is 13.1. The molecule has 0 bridgehead atoms. The molecule has 0 amide bonds. The van der Waals surface area contributed by atoms with E-state index in [1.807, 2.05) is 30.3 Å². The number of H-pyrrole nitrogens is 1. The summed E-state index contributed by atoms with van der Waals surface area (Å²) < 4.78 is 6.22. The Balaban J connectivity index is 1.55. The first-order chi connectivity index (χ1) is 16.6. The van der Waals surface area contributed by atoms with Crippen LogP contribution < -0.4 is 4.74 Å². The highest BCUT2D eigenvalue weighted by Crippen LogP contribution is 2.41. The minimum atomic E-state index is 0.176. The first-order valence-electron chi connectivity index (χ1n) is 11.8. The highest BCUT2D eigenvalue weighted by molar-refractivity contribution is 5.86. The van der Waals surface area contributed by atoms with E-state index in [4.69, 9.17) is 4.74 Å². The molecular weight excluding hydrogens is 424 g/mol. The lowest BCUT2D eigenvalue weighted by Crippen LogP contribution is -2.10. The molecule has 6 heteroatoms. The molecule has 2 heterocycles. The fraction of sp³-hybridized carbons (Fsp3) is 0.286. The van der Waals surface area contributed by atoms with Crippen LogP contribution in [0.5, 0.6) is 5.75 Å². The van der Waals surface area contributed by atoms with Crippen LogP contribution in [0.1, 0.15) is 47.9 Å². The molecule has 3 aromatic carbocycles. The minimum Gasteiger partial charge on any atom is -0.493 e. The maximum absolute atomic E-state index is 13.1. The van der Waals surface area contributed by atoms with E-state index in [1.165, 1.54) is 5.56 Å². The monoisotopic (exact) mass is 452 g/mol. The van der Waals surface area contributed by atoms with E-state index < -0.39 is 0 Å². The van der Waals surface area contributed by atoms with Crippen molar-refractivity contribution in [2.45, 2.75) is 45.4 Å². The number of Topliss-reactive ketones (excluding diaryl/α,β-unsaturated/α-hetero) is 1. The zero-order valence-electron chi connectivity index (χ0n) is 19.5. The van der Waals surface area contributed by atoms with Gasteiger partial charge in [-0.3, -0.25) is 4.79 Å². The number of aromatic nitrogens is 4. The van der Waals surface area contributed by atoms with Crippen molar-refractivity contribution < 1.29 is 9.53 Å². The zero-order chi connectivity index (χ0) is 23.5. The molecule has 6 nitrogen and oxygen atoms in total. The summed E-state index contributed by atoms with van der Waals surface area (Å²) in [4.78, 5) is 13.1. The van der Waals surface area contributed by atoms with Gasteiger partial charge in [0.15, 0.2) is 0 Å². The van der Waals surface area contributed by atoms with Crippen LogP contribution >= 0.6 is 0 Å². The lowest BCUT2D eigenvalue weighted by atomic mass is 9.88. The maximum Gasteiger partial charge on any atom is 0.205 e. The normalized spacial score (nSPS) is 15.3. The Hall–Kier alpha value is -3.80. The molecule has 5 rings (SSSR count). The van der Waals surface area contributed by atoms with E-state index in [-0.39, 0.29) is 5.78 Å². The third-order valence-electron chi connectivity index (χ3n) is 6.49. The van der Waals surface area contributed by atoms with Crippen molar-refractivity contribution in [2.24, 2.45) is 0 Å². The number of nitrogens with one attached hydrogen (secondary N) is 1. The average molecular weight is 453 g/mol. The predicted molar refractivity (Wildman–Crippen MR) is 132 cm³/mol. The lowest BCUT2D eigenvalue weighted by Gasteiger charge is -2.19. The number of carbonyl (C=O) groups excluding carboxylic acids is 1. The molecule has 1 aliphatic rings. The fourth-order valence-electron chi connectivity index (χ4n) is 4.68. The van der Waals surface area contributed by atoms with Gasteiger partial charge in [-0.25, -0.2) is 0 Å². The number of rotatable bonds is 6. The zero-order valence-corrected chi connectivity index (χ0v) is 19.5. The Morgan fingerprint density at radius 2 is 1.85 bits per heavy atom. The summed E-state index contributed by atoms with van der Waals surface area (Å²) in [6.45, 7) is 4.97. The van der Waals surface area contributed by atoms with E-state index in [9.17, 15) is 4.79 Å². The highest BCUT2D eigenvalue weighted by atomic mass is 16.5. The van der Waals surface area contributed by atoms with Crippen LogP contribution in [0.2, 0.25) is 0 Å². The molecule has 4 aromatic rings. The molecule has 1 atom stereocenters. The molecule has 1 aromatic heterocycles. The molecule has 0 spiro atoms. The summed E-state index contributed by atoms with van der Waals surface area (Å²) >= 11 is 0. The lowest BCUT2D eigenvalue weighted by molar-refractivity contribution is -0.117. The Labute approximate surface area is 199 Å². The number of nitrogens with zero attached hydrogens (tertiary/aromatic N) is 3. The summed E-state index contributed by atoms with van der Waals surface area (Å²) in [6, 6.07) is 20.5. The van der Waals surface area contributed by atoms with Gasteiger partial charge in [-0.15, -0.1) is 10.2 Å². The third-order valence-corrected chi connectivity index (χ3v) is 6.49. The van der Waals surface area contributed by atoms with Gasteiger partial charge in [0, 0.05) is 24.0 Å². The Bertz CT molecular complexity index is 1300. The van der Waals surface area contributed by atoms with E-state index in [2.05, 4.69) is 64.8 Å². The molecular formula is C28H28N4O2. The molecule has 1 aliphatic heterocycles. The SMILES string of the molecule is Cc1ccc(CC(=O)Cc2cc(-c3ccccc3-c3nn[nH]n3)cc3c2OCCCC3C)cc1. The van der Waals surface area contributed by atoms with Crippen molar-refractivity contribution in [2.75, 3.05) is 6.61 Å². The number of tetrazole rings is 1. The number of aryl methyl sites for hydroxylation is 1. The highest BCUT2D eigenvalue weighted by Gasteiger charge is 2.23. The van der Waals surface area contributed by atoms with Gasteiger partial charge in [0.1, 0.15) is 11.5 Å². The van der Waals surface area contributed by atoms with Crippen molar-refractivity contribution in [3.63, 3.8) is 0 Å². The predicted octanol–water partition coefficient (Wildman–Crippen LogP) is 5.47. The second-order valence-electron chi connectivity index (χ2n) is 9.10. The number of ketones is 1. The van der Waals surface area contributed by atoms with Crippen molar-refractivity contribution in [1.82, 2.24) is 20.6 Å². The van der Waals surface area contributed by atoms with E-state index in [0.29, 0.717) is 31.2 Å². The van der Waals surface area contributed by atoms with E-state index in [1.54, 1.807) is 0 Å². The van der Waals surface area contributed by atoms with Gasteiger partial charge in [-0.2, -0.15) is 5.21 Å². The number of carbonyl (C=O) groups is 1. The molecule has 34 heavy (non-hydrogen) atoms. The van der Waals surface area contributed by atoms with Gasteiger partial charge in [0.05, 0.1) is 6.61 Å². The van der Waals surface area contributed by atoms with Crippen LogP contribution in [-0.2, 0) is 17.6 Å². The molecule has 172 valence electrons. The van der Waals surface area contributed by atoms with Crippen molar-refractivity contribution in [3.8, 4) is 28.3 Å². The first-order valence-corrected chi connectivity index (χ1v) is 11.8. The van der Waals surface area contributed by atoms with Gasteiger partial charge < -0.3 is 4.74 Å². The van der Waals surface area contributed by atoms with Gasteiger partial charge in [-0.1, -0.05) is 61.0 Å². The Kier molecular flexibility index (Phi) is 6.21. The van der Waals surface area contributed by atoms with Gasteiger partial charge in [0.2, 0.25) is 5.82 Å². The number of hydrogen-bond acceptors (Lipinski definition) is 5. The van der Waals surface area contributed by atoms with Crippen molar-refractivity contribution in [3.05, 3.63) is 82.9 Å². The van der Waals surface area contributed by atoms with Gasteiger partial charge >= 0.3 is 0 Å². The number of hydrogen-bond donors (Lipinski definition) is 1. The molecule has 0 aliphatic carbocycles. The minimum absolute atomic E-state index is 0.176. The number of ether oxygens (including phenoxy) is 1. The largest absolute Gasteiger partial charge is 0.493 e. The van der Waals surface area contributed by atoms with Crippen LogP contribution in [0.15, 0.2) is 60.7 Å². The smallest absolute Gasteiger partial charge is 0.205 e. The number of aromatic amines is 1. The van der Waals surface area contributed by atoms with Crippen LogP contribution in [0.25, 0.3) is 22.5 Å². The molecule has 0 saturated carbocycles. The molecule has 0 saturated heterocycles. The molecule has 0 radical (unpaired) electrons. The summed E-state index contributed by atoms with van der Waals surface area (Å²) in [5.74, 6) is 1.95. The number of fused-ring (bicyclic) bond motifs is 1. The van der Waals surface area contributed by atoms with E-state index >= 15 is 0 Å². The quantitative estimate of drug-likeness (QED) is 0.419. The summed E-state index contributed by atoms with van der Waals surface area (Å²) in [5, 5.41) is 14.6. The van der Waals surface area contributed by atoms with Crippen LogP contribution in [0.3, 0.4) is 0 Å². The topological polar surface area (TPSA) is 80.8 Å². The summed E-state index contributed by atoms with van der Waals surface area (Å²) in [5.41, 5.74) is 7.28. The number of benzene rings is 3. The first kappa shape index (κ1) is 22.0. The average Bonchev–Trinajstić information content (AvgIpc) is 3.31. The second kappa shape index (κ2) is 9.59.